The van der Waals surface area contributed by atoms with Crippen molar-refractivity contribution in [1.82, 2.24) is 24.8 Å². The highest BCUT2D eigenvalue weighted by molar-refractivity contribution is 5.94. The standard InChI is InChI=1S/C27H28N6O2.C4H10O.C2H6/c1-3-24(34)33-12-9-19(10-13-33)18-4-6-21(7-5-18)31-26-25-20(8-11-29-27(25)35)14-22(32-26)23-16-28-15-17(2)30-23;1-3-4-5-2;1-2/h4-8,11,14-16,19H,3,9-10,12-13H2,1-2H3,(H,29,35)(H,31,32);3-4H2,1-2H3;1-2H3. The summed E-state index contributed by atoms with van der Waals surface area (Å²) in [6.07, 6.45) is 8.63. The Kier molecular flexibility index (Phi) is 12.6. The predicted octanol–water partition coefficient (Wildman–Crippen LogP) is 6.62. The highest BCUT2D eigenvalue weighted by Crippen LogP contribution is 2.31. The number of pyridine rings is 2. The summed E-state index contributed by atoms with van der Waals surface area (Å²) in [6.45, 7) is 12.4. The highest BCUT2D eigenvalue weighted by Gasteiger charge is 2.23. The SMILES string of the molecule is CC.CCC(=O)N1CCC(c2ccc(Nc3nc(-c4cncc(C)n4)cc4cc[nH]c(=O)c34)cc2)CC1.CCCOC. The molecule has 0 unspecified atom stereocenters. The first-order valence-corrected chi connectivity index (χ1v) is 14.9. The first-order valence-electron chi connectivity index (χ1n) is 14.9. The third kappa shape index (κ3) is 8.45. The fourth-order valence-corrected chi connectivity index (χ4v) is 4.89. The molecule has 0 spiro atoms. The van der Waals surface area contributed by atoms with Crippen molar-refractivity contribution in [2.24, 2.45) is 0 Å². The predicted molar refractivity (Wildman–Crippen MR) is 170 cm³/mol. The molecule has 0 atom stereocenters. The zero-order chi connectivity index (χ0) is 30.5. The van der Waals surface area contributed by atoms with Crippen LogP contribution < -0.4 is 10.9 Å². The lowest BCUT2D eigenvalue weighted by Crippen LogP contribution is -2.37. The van der Waals surface area contributed by atoms with E-state index < -0.39 is 0 Å². The second-order valence-electron chi connectivity index (χ2n) is 9.92. The van der Waals surface area contributed by atoms with Gasteiger partial charge in [0.1, 0.15) is 11.5 Å². The number of fused-ring (bicyclic) bond motifs is 1. The summed E-state index contributed by atoms with van der Waals surface area (Å²) in [7, 11) is 1.71. The molecule has 1 aliphatic heterocycles. The van der Waals surface area contributed by atoms with E-state index in [1.54, 1.807) is 25.7 Å². The number of aromatic amines is 1. The number of nitrogens with zero attached hydrogens (tertiary/aromatic N) is 4. The van der Waals surface area contributed by atoms with E-state index in [1.165, 1.54) is 5.56 Å². The number of ether oxygens (including phenoxy) is 1. The Bertz CT molecular complexity index is 1480. The van der Waals surface area contributed by atoms with Crippen LogP contribution in [-0.4, -0.2) is 57.5 Å². The molecule has 1 aliphatic rings. The molecule has 42 heavy (non-hydrogen) atoms. The first kappa shape index (κ1) is 32.4. The van der Waals surface area contributed by atoms with E-state index in [2.05, 4.69) is 39.3 Å². The van der Waals surface area contributed by atoms with Gasteiger partial charge >= 0.3 is 0 Å². The van der Waals surface area contributed by atoms with Gasteiger partial charge in [0.25, 0.3) is 5.56 Å². The minimum Gasteiger partial charge on any atom is -0.385 e. The lowest BCUT2D eigenvalue weighted by Gasteiger charge is -2.32. The summed E-state index contributed by atoms with van der Waals surface area (Å²) in [6, 6.07) is 12.0. The van der Waals surface area contributed by atoms with Crippen LogP contribution in [0.4, 0.5) is 11.5 Å². The van der Waals surface area contributed by atoms with Gasteiger partial charge in [-0.2, -0.15) is 0 Å². The fourth-order valence-electron chi connectivity index (χ4n) is 4.89. The van der Waals surface area contributed by atoms with Gasteiger partial charge in [0.2, 0.25) is 5.91 Å². The van der Waals surface area contributed by atoms with Crippen LogP contribution in [0.3, 0.4) is 0 Å². The van der Waals surface area contributed by atoms with Crippen LogP contribution in [0.25, 0.3) is 22.2 Å². The lowest BCUT2D eigenvalue weighted by molar-refractivity contribution is -0.131. The Hall–Kier alpha value is -4.11. The molecule has 1 aromatic carbocycles. The molecule has 1 amide bonds. The maximum atomic E-state index is 12.7. The molecular weight excluding hydrogens is 528 g/mol. The van der Waals surface area contributed by atoms with Crippen molar-refractivity contribution in [3.8, 4) is 11.4 Å². The fraction of sp³-hybridized carbons (Fsp3) is 0.424. The summed E-state index contributed by atoms with van der Waals surface area (Å²) in [5.41, 5.74) is 4.00. The topological polar surface area (TPSA) is 113 Å². The van der Waals surface area contributed by atoms with Gasteiger partial charge in [-0.25, -0.2) is 9.97 Å². The summed E-state index contributed by atoms with van der Waals surface area (Å²) >= 11 is 0. The van der Waals surface area contributed by atoms with Crippen molar-refractivity contribution in [2.75, 3.05) is 32.1 Å². The molecule has 224 valence electrons. The van der Waals surface area contributed by atoms with Gasteiger partial charge in [-0.3, -0.25) is 14.6 Å². The van der Waals surface area contributed by atoms with Crippen LogP contribution in [0.1, 0.15) is 70.6 Å². The second kappa shape index (κ2) is 16.4. The number of aromatic nitrogens is 4. The van der Waals surface area contributed by atoms with Crippen LogP contribution in [0.2, 0.25) is 0 Å². The largest absolute Gasteiger partial charge is 0.385 e. The van der Waals surface area contributed by atoms with Gasteiger partial charge in [0, 0.05) is 51.3 Å². The number of rotatable bonds is 7. The normalized spacial score (nSPS) is 13.0. The molecule has 0 radical (unpaired) electrons. The number of anilines is 2. The Morgan fingerprint density at radius 2 is 1.76 bits per heavy atom. The van der Waals surface area contributed by atoms with E-state index in [0.29, 0.717) is 34.9 Å². The van der Waals surface area contributed by atoms with Crippen molar-refractivity contribution in [3.63, 3.8) is 0 Å². The molecule has 0 aliphatic carbocycles. The Morgan fingerprint density at radius 3 is 2.36 bits per heavy atom. The molecule has 5 rings (SSSR count). The van der Waals surface area contributed by atoms with Crippen LogP contribution >= 0.6 is 0 Å². The Labute approximate surface area is 248 Å². The molecule has 4 aromatic rings. The number of hydrogen-bond acceptors (Lipinski definition) is 7. The summed E-state index contributed by atoms with van der Waals surface area (Å²) in [5, 5.41) is 4.61. The van der Waals surface area contributed by atoms with E-state index in [0.717, 1.165) is 55.7 Å². The molecule has 9 heteroatoms. The molecular formula is C33H44N6O3. The van der Waals surface area contributed by atoms with Crippen molar-refractivity contribution >= 4 is 28.2 Å². The third-order valence-electron chi connectivity index (χ3n) is 6.97. The number of hydrogen-bond donors (Lipinski definition) is 2. The van der Waals surface area contributed by atoms with Gasteiger partial charge in [0.05, 0.1) is 23.0 Å². The molecule has 0 saturated carbocycles. The molecule has 3 aromatic heterocycles. The number of benzene rings is 1. The summed E-state index contributed by atoms with van der Waals surface area (Å²) < 4.78 is 4.69. The molecule has 9 nitrogen and oxygen atoms in total. The van der Waals surface area contributed by atoms with Gasteiger partial charge in [0.15, 0.2) is 0 Å². The number of H-pyrrole nitrogens is 1. The van der Waals surface area contributed by atoms with Crippen molar-refractivity contribution in [1.29, 1.82) is 0 Å². The van der Waals surface area contributed by atoms with Gasteiger partial charge in [-0.15, -0.1) is 0 Å². The average Bonchev–Trinajstić information content (AvgIpc) is 3.03. The summed E-state index contributed by atoms with van der Waals surface area (Å²) in [5.74, 6) is 1.15. The Morgan fingerprint density at radius 1 is 1.05 bits per heavy atom. The maximum absolute atomic E-state index is 12.7. The third-order valence-corrected chi connectivity index (χ3v) is 6.97. The molecule has 2 N–H and O–H groups in total. The van der Waals surface area contributed by atoms with Crippen molar-refractivity contribution < 1.29 is 9.53 Å². The zero-order valence-electron chi connectivity index (χ0n) is 25.7. The van der Waals surface area contributed by atoms with Crippen LogP contribution in [0, 0.1) is 6.92 Å². The molecule has 1 saturated heterocycles. The second-order valence-corrected chi connectivity index (χ2v) is 9.92. The highest BCUT2D eigenvalue weighted by atomic mass is 16.5. The van der Waals surface area contributed by atoms with Gasteiger partial charge in [-0.05, 0) is 67.3 Å². The lowest BCUT2D eigenvalue weighted by atomic mass is 9.89. The zero-order valence-corrected chi connectivity index (χ0v) is 25.7. The van der Waals surface area contributed by atoms with E-state index >= 15 is 0 Å². The van der Waals surface area contributed by atoms with Crippen LogP contribution in [0.5, 0.6) is 0 Å². The van der Waals surface area contributed by atoms with Crippen LogP contribution in [-0.2, 0) is 9.53 Å². The van der Waals surface area contributed by atoms with E-state index in [9.17, 15) is 9.59 Å². The number of piperidine rings is 1. The maximum Gasteiger partial charge on any atom is 0.259 e. The van der Waals surface area contributed by atoms with Crippen LogP contribution in [0.15, 0.2) is 59.8 Å². The van der Waals surface area contributed by atoms with Gasteiger partial charge in [-0.1, -0.05) is 39.8 Å². The number of nitrogens with one attached hydrogen (secondary N) is 2. The minimum absolute atomic E-state index is 0.204. The quantitative estimate of drug-likeness (QED) is 0.256. The number of carbonyl (C=O) groups is 1. The molecule has 1 fully saturated rings. The van der Waals surface area contributed by atoms with Crippen molar-refractivity contribution in [2.45, 2.75) is 66.2 Å². The number of amides is 1. The molecule has 4 heterocycles. The summed E-state index contributed by atoms with van der Waals surface area (Å²) in [4.78, 5) is 42.8. The van der Waals surface area contributed by atoms with Gasteiger partial charge < -0.3 is 19.9 Å². The number of aryl methyl sites for hydroxylation is 1. The van der Waals surface area contributed by atoms with Crippen molar-refractivity contribution in [3.05, 3.63) is 76.6 Å². The number of carbonyl (C=O) groups excluding carboxylic acids is 1. The number of methoxy groups -OCH3 is 1. The number of likely N-dealkylation sites (tertiary alicyclic amines) is 1. The van der Waals surface area contributed by atoms with E-state index in [-0.39, 0.29) is 11.5 Å². The average molecular weight is 573 g/mol. The van der Waals surface area contributed by atoms with E-state index in [4.69, 9.17) is 9.72 Å². The monoisotopic (exact) mass is 572 g/mol. The minimum atomic E-state index is -0.204. The first-order chi connectivity index (χ1) is 20.4. The van der Waals surface area contributed by atoms with E-state index in [1.807, 2.05) is 56.9 Å². The smallest absolute Gasteiger partial charge is 0.259 e. The molecule has 0 bridgehead atoms. The Balaban J connectivity index is 0.000000627.